The Morgan fingerprint density at radius 3 is 2.85 bits per heavy atom. The zero-order chi connectivity index (χ0) is 19.6. The monoisotopic (exact) mass is 385 g/mol. The third-order valence-corrected chi connectivity index (χ3v) is 4.99. The number of fused-ring (bicyclic) bond motifs is 1. The van der Waals surface area contributed by atoms with E-state index >= 15 is 0 Å². The number of amides is 1. The van der Waals surface area contributed by atoms with Gasteiger partial charge in [-0.3, -0.25) is 4.79 Å². The predicted molar refractivity (Wildman–Crippen MR) is 111 cm³/mol. The summed E-state index contributed by atoms with van der Waals surface area (Å²) >= 11 is 6.51. The molecule has 0 atom stereocenters. The molecule has 0 saturated heterocycles. The summed E-state index contributed by atoms with van der Waals surface area (Å²) in [7, 11) is 0. The van der Waals surface area contributed by atoms with Crippen molar-refractivity contribution in [2.75, 3.05) is 11.4 Å². The number of halogens is 1. The SMILES string of the molecule is CCCN1c2cc(Cl)c(/C=N/NC(=O)c3ccco3)cc2C(C)=CC1(C)C. The number of hydrogen-bond donors (Lipinski definition) is 1. The van der Waals surface area contributed by atoms with Gasteiger partial charge in [-0.15, -0.1) is 0 Å². The van der Waals surface area contributed by atoms with Crippen LogP contribution < -0.4 is 10.3 Å². The van der Waals surface area contributed by atoms with E-state index in [9.17, 15) is 4.79 Å². The Labute approximate surface area is 164 Å². The lowest BCUT2D eigenvalue weighted by molar-refractivity contribution is 0.0927. The van der Waals surface area contributed by atoms with Crippen LogP contribution >= 0.6 is 11.6 Å². The minimum atomic E-state index is -0.405. The Morgan fingerprint density at radius 1 is 1.41 bits per heavy atom. The Bertz CT molecular complexity index is 898. The lowest BCUT2D eigenvalue weighted by atomic mass is 9.88. The van der Waals surface area contributed by atoms with Gasteiger partial charge in [0.25, 0.3) is 0 Å². The maximum absolute atomic E-state index is 11.9. The van der Waals surface area contributed by atoms with Crippen molar-refractivity contribution in [3.05, 3.63) is 58.5 Å². The van der Waals surface area contributed by atoms with Gasteiger partial charge < -0.3 is 9.32 Å². The van der Waals surface area contributed by atoms with Crippen molar-refractivity contribution in [3.8, 4) is 0 Å². The number of benzene rings is 1. The third kappa shape index (κ3) is 3.93. The van der Waals surface area contributed by atoms with Crippen LogP contribution in [0.3, 0.4) is 0 Å². The molecule has 3 rings (SSSR count). The Balaban J connectivity index is 1.88. The largest absolute Gasteiger partial charge is 0.459 e. The van der Waals surface area contributed by atoms with Crippen molar-refractivity contribution >= 4 is 35.0 Å². The normalized spacial score (nSPS) is 15.6. The highest BCUT2D eigenvalue weighted by atomic mass is 35.5. The van der Waals surface area contributed by atoms with Crippen LogP contribution in [0.25, 0.3) is 5.57 Å². The van der Waals surface area contributed by atoms with Crippen LogP contribution in [0.4, 0.5) is 5.69 Å². The second-order valence-electron chi connectivity index (χ2n) is 7.20. The molecule has 0 bridgehead atoms. The molecule has 0 spiro atoms. The first-order valence-corrected chi connectivity index (χ1v) is 9.39. The van der Waals surface area contributed by atoms with Gasteiger partial charge in [-0.05, 0) is 57.0 Å². The van der Waals surface area contributed by atoms with E-state index in [2.05, 4.69) is 49.2 Å². The van der Waals surface area contributed by atoms with Gasteiger partial charge in [-0.2, -0.15) is 5.10 Å². The van der Waals surface area contributed by atoms with Crippen molar-refractivity contribution in [1.29, 1.82) is 0 Å². The summed E-state index contributed by atoms with van der Waals surface area (Å²) in [6, 6.07) is 7.23. The topological polar surface area (TPSA) is 57.8 Å². The highest BCUT2D eigenvalue weighted by Crippen LogP contribution is 2.41. The fourth-order valence-electron chi connectivity index (χ4n) is 3.47. The van der Waals surface area contributed by atoms with Crippen LogP contribution in [0.15, 0.2) is 46.1 Å². The zero-order valence-corrected chi connectivity index (χ0v) is 16.8. The molecule has 2 aromatic rings. The first kappa shape index (κ1) is 19.2. The maximum Gasteiger partial charge on any atom is 0.307 e. The van der Waals surface area contributed by atoms with Crippen LogP contribution in [0.5, 0.6) is 0 Å². The summed E-state index contributed by atoms with van der Waals surface area (Å²) in [5.74, 6) is -0.197. The van der Waals surface area contributed by atoms with Crippen molar-refractivity contribution in [1.82, 2.24) is 5.43 Å². The van der Waals surface area contributed by atoms with E-state index in [4.69, 9.17) is 16.0 Å². The minimum absolute atomic E-state index is 0.0664. The standard InChI is InChI=1S/C21H24ClN3O2/c1-5-8-25-18-11-17(22)15(10-16(18)14(2)12-21(25,3)4)13-23-24-20(26)19-7-6-9-27-19/h6-7,9-13H,5,8H2,1-4H3,(H,24,26)/b23-13+. The molecular formula is C21H24ClN3O2. The second-order valence-corrected chi connectivity index (χ2v) is 7.61. The fraction of sp³-hybridized carbons (Fsp3) is 0.333. The number of hydrazone groups is 1. The van der Waals surface area contributed by atoms with Crippen molar-refractivity contribution in [2.45, 2.75) is 39.7 Å². The van der Waals surface area contributed by atoms with Crippen LogP contribution in [-0.2, 0) is 0 Å². The summed E-state index contributed by atoms with van der Waals surface area (Å²) in [4.78, 5) is 14.3. The number of furan rings is 1. The summed E-state index contributed by atoms with van der Waals surface area (Å²) in [5, 5.41) is 4.61. The molecule has 5 nitrogen and oxygen atoms in total. The number of rotatable bonds is 5. The average molecular weight is 386 g/mol. The molecule has 1 aromatic carbocycles. The molecule has 1 aliphatic rings. The highest BCUT2D eigenvalue weighted by Gasteiger charge is 2.31. The predicted octanol–water partition coefficient (Wildman–Crippen LogP) is 5.11. The lowest BCUT2D eigenvalue weighted by Gasteiger charge is -2.43. The van der Waals surface area contributed by atoms with Gasteiger partial charge in [0.05, 0.1) is 23.0 Å². The molecule has 0 saturated carbocycles. The Morgan fingerprint density at radius 2 is 2.19 bits per heavy atom. The molecule has 1 aliphatic heterocycles. The number of nitrogens with zero attached hydrogens (tertiary/aromatic N) is 2. The molecule has 6 heteroatoms. The number of carbonyl (C=O) groups excluding carboxylic acids is 1. The van der Waals surface area contributed by atoms with Gasteiger partial charge in [0, 0.05) is 23.4 Å². The number of anilines is 1. The molecule has 0 fully saturated rings. The molecule has 1 N–H and O–H groups in total. The zero-order valence-electron chi connectivity index (χ0n) is 16.0. The second kappa shape index (κ2) is 7.61. The molecule has 1 aromatic heterocycles. The van der Waals surface area contributed by atoms with E-state index in [0.29, 0.717) is 5.02 Å². The third-order valence-electron chi connectivity index (χ3n) is 4.66. The van der Waals surface area contributed by atoms with E-state index < -0.39 is 5.91 Å². The van der Waals surface area contributed by atoms with E-state index in [1.807, 2.05) is 12.1 Å². The van der Waals surface area contributed by atoms with Gasteiger partial charge in [-0.25, -0.2) is 5.43 Å². The molecule has 1 amide bonds. The van der Waals surface area contributed by atoms with E-state index in [1.165, 1.54) is 11.8 Å². The molecular weight excluding hydrogens is 362 g/mol. The van der Waals surface area contributed by atoms with Crippen molar-refractivity contribution in [2.24, 2.45) is 5.10 Å². The molecule has 2 heterocycles. The van der Waals surface area contributed by atoms with E-state index in [0.717, 1.165) is 29.8 Å². The van der Waals surface area contributed by atoms with Crippen molar-refractivity contribution in [3.63, 3.8) is 0 Å². The number of nitrogens with one attached hydrogen (secondary N) is 1. The number of hydrogen-bond acceptors (Lipinski definition) is 4. The summed E-state index contributed by atoms with van der Waals surface area (Å²) in [6.45, 7) is 9.65. The summed E-state index contributed by atoms with van der Waals surface area (Å²) in [5.41, 5.74) is 6.59. The van der Waals surface area contributed by atoms with Gasteiger partial charge in [0.1, 0.15) is 0 Å². The summed E-state index contributed by atoms with van der Waals surface area (Å²) < 4.78 is 5.04. The molecule has 0 aliphatic carbocycles. The van der Waals surface area contributed by atoms with E-state index in [-0.39, 0.29) is 11.3 Å². The minimum Gasteiger partial charge on any atom is -0.459 e. The first-order valence-electron chi connectivity index (χ1n) is 9.01. The fourth-order valence-corrected chi connectivity index (χ4v) is 3.68. The summed E-state index contributed by atoms with van der Waals surface area (Å²) in [6.07, 6.45) is 6.33. The lowest BCUT2D eigenvalue weighted by Crippen LogP contribution is -2.45. The van der Waals surface area contributed by atoms with Gasteiger partial charge in [0.2, 0.25) is 0 Å². The van der Waals surface area contributed by atoms with Crippen LogP contribution in [-0.4, -0.2) is 24.2 Å². The Kier molecular flexibility index (Phi) is 5.42. The van der Waals surface area contributed by atoms with Crippen molar-refractivity contribution < 1.29 is 9.21 Å². The first-order chi connectivity index (χ1) is 12.8. The Hall–Kier alpha value is -2.53. The molecule has 0 unspecified atom stereocenters. The molecule has 0 radical (unpaired) electrons. The van der Waals surface area contributed by atoms with Crippen LogP contribution in [0.2, 0.25) is 5.02 Å². The van der Waals surface area contributed by atoms with Gasteiger partial charge in [0.15, 0.2) is 5.76 Å². The number of allylic oxidation sites excluding steroid dienone is 1. The molecule has 142 valence electrons. The van der Waals surface area contributed by atoms with Crippen LogP contribution in [0, 0.1) is 0 Å². The van der Waals surface area contributed by atoms with Gasteiger partial charge in [-0.1, -0.05) is 24.6 Å². The van der Waals surface area contributed by atoms with Crippen LogP contribution in [0.1, 0.15) is 55.8 Å². The number of carbonyl (C=O) groups is 1. The van der Waals surface area contributed by atoms with E-state index in [1.54, 1.807) is 18.3 Å². The molecule has 27 heavy (non-hydrogen) atoms. The smallest absolute Gasteiger partial charge is 0.307 e. The highest BCUT2D eigenvalue weighted by molar-refractivity contribution is 6.33. The maximum atomic E-state index is 11.9. The quantitative estimate of drug-likeness (QED) is 0.574. The average Bonchev–Trinajstić information content (AvgIpc) is 3.14. The van der Waals surface area contributed by atoms with Gasteiger partial charge >= 0.3 is 5.91 Å².